The van der Waals surface area contributed by atoms with Crippen LogP contribution in [0.25, 0.3) is 11.0 Å². The quantitative estimate of drug-likeness (QED) is 0.788. The van der Waals surface area contributed by atoms with Gasteiger partial charge in [-0.05, 0) is 50.2 Å². The van der Waals surface area contributed by atoms with Gasteiger partial charge < -0.3 is 5.32 Å². The molecular weight excluding hydrogens is 302 g/mol. The highest BCUT2D eigenvalue weighted by Crippen LogP contribution is 2.23. The Labute approximate surface area is 139 Å². The summed E-state index contributed by atoms with van der Waals surface area (Å²) in [6, 6.07) is 16.6. The average Bonchev–Trinajstić information content (AvgIpc) is 2.94. The van der Waals surface area contributed by atoms with E-state index >= 15 is 0 Å². The molecule has 5 nitrogen and oxygen atoms in total. The lowest BCUT2D eigenvalue weighted by Gasteiger charge is -2.23. The minimum absolute atomic E-state index is 0.133. The first kappa shape index (κ1) is 14.9. The largest absolute Gasteiger partial charge is 0.336 e. The molecule has 0 bridgehead atoms. The molecule has 0 aliphatic carbocycles. The van der Waals surface area contributed by atoms with Crippen molar-refractivity contribution in [2.75, 3.05) is 13.1 Å². The number of nitrogens with zero attached hydrogens (tertiary/aromatic N) is 2. The second kappa shape index (κ2) is 6.09. The van der Waals surface area contributed by atoms with Gasteiger partial charge in [-0.2, -0.15) is 0 Å². The Kier molecular flexibility index (Phi) is 3.78. The fraction of sp³-hybridized carbons (Fsp3) is 0.263. The fourth-order valence-electron chi connectivity index (χ4n) is 3.49. The van der Waals surface area contributed by atoms with Crippen LogP contribution in [-0.2, 0) is 0 Å². The topological polar surface area (TPSA) is 56.0 Å². The number of nitrogens with one attached hydrogen (secondary N) is 1. The monoisotopic (exact) mass is 321 g/mol. The summed E-state index contributed by atoms with van der Waals surface area (Å²) in [4.78, 5) is 26.0. The highest BCUT2D eigenvalue weighted by molar-refractivity contribution is 6.01. The maximum atomic E-state index is 13.1. The molecule has 0 saturated carbocycles. The summed E-state index contributed by atoms with van der Waals surface area (Å²) in [5.41, 5.74) is 1.79. The zero-order chi connectivity index (χ0) is 16.5. The molecule has 4 rings (SSSR count). The van der Waals surface area contributed by atoms with Crippen LogP contribution in [0.5, 0.6) is 0 Å². The van der Waals surface area contributed by atoms with E-state index in [0.717, 1.165) is 31.4 Å². The average molecular weight is 321 g/mol. The van der Waals surface area contributed by atoms with Crippen molar-refractivity contribution in [3.05, 3.63) is 70.6 Å². The molecule has 0 radical (unpaired) electrons. The number of benzene rings is 2. The molecule has 1 fully saturated rings. The number of hydrogen-bond acceptors (Lipinski definition) is 3. The Morgan fingerprint density at radius 1 is 0.917 bits per heavy atom. The first-order chi connectivity index (χ1) is 11.8. The summed E-state index contributed by atoms with van der Waals surface area (Å²) in [7, 11) is 0. The number of fused-ring (bicyclic) bond motifs is 1. The third kappa shape index (κ3) is 2.37. The summed E-state index contributed by atoms with van der Waals surface area (Å²) in [6.45, 7) is 1.78. The Bertz CT molecular complexity index is 934. The van der Waals surface area contributed by atoms with Gasteiger partial charge in [0.25, 0.3) is 5.91 Å². The summed E-state index contributed by atoms with van der Waals surface area (Å²) >= 11 is 0. The smallest absolute Gasteiger partial charge is 0.317 e. The zero-order valence-corrected chi connectivity index (χ0v) is 13.3. The molecule has 0 unspecified atom stereocenters. The van der Waals surface area contributed by atoms with E-state index < -0.39 is 0 Å². The van der Waals surface area contributed by atoms with E-state index in [9.17, 15) is 9.59 Å². The second-order valence-corrected chi connectivity index (χ2v) is 6.13. The van der Waals surface area contributed by atoms with Crippen molar-refractivity contribution >= 4 is 16.9 Å². The van der Waals surface area contributed by atoms with Crippen molar-refractivity contribution in [1.82, 2.24) is 14.5 Å². The summed E-state index contributed by atoms with van der Waals surface area (Å²) < 4.78 is 3.11. The zero-order valence-electron chi connectivity index (χ0n) is 13.3. The molecule has 0 atom stereocenters. The minimum atomic E-state index is -0.274. The van der Waals surface area contributed by atoms with E-state index in [-0.39, 0.29) is 17.6 Å². The predicted molar refractivity (Wildman–Crippen MR) is 93.5 cm³/mol. The van der Waals surface area contributed by atoms with Crippen LogP contribution in [0.1, 0.15) is 29.2 Å². The third-order valence-electron chi connectivity index (χ3n) is 4.68. The lowest BCUT2D eigenvalue weighted by molar-refractivity contribution is 0.0959. The van der Waals surface area contributed by atoms with Crippen molar-refractivity contribution in [2.24, 2.45) is 0 Å². The number of rotatable bonds is 2. The van der Waals surface area contributed by atoms with Crippen LogP contribution >= 0.6 is 0 Å². The van der Waals surface area contributed by atoms with Gasteiger partial charge in [-0.25, -0.2) is 9.36 Å². The third-order valence-corrected chi connectivity index (χ3v) is 4.68. The number of piperidine rings is 1. The SMILES string of the molecule is O=C(c1ccccc1)n1c(=O)n(C2CCNCC2)c2ccccc21. The first-order valence-electron chi connectivity index (χ1n) is 8.30. The summed E-state index contributed by atoms with van der Waals surface area (Å²) in [6.07, 6.45) is 1.79. The molecule has 2 heterocycles. The molecule has 0 amide bonds. The molecule has 5 heteroatoms. The molecule has 1 aromatic heterocycles. The molecule has 1 aliphatic rings. The molecule has 3 aromatic rings. The highest BCUT2D eigenvalue weighted by atomic mass is 16.2. The lowest BCUT2D eigenvalue weighted by Crippen LogP contribution is -2.36. The van der Waals surface area contributed by atoms with Gasteiger partial charge in [-0.3, -0.25) is 9.36 Å². The van der Waals surface area contributed by atoms with E-state index in [1.165, 1.54) is 4.57 Å². The van der Waals surface area contributed by atoms with Gasteiger partial charge in [0.2, 0.25) is 0 Å². The molecule has 122 valence electrons. The van der Waals surface area contributed by atoms with Crippen molar-refractivity contribution in [3.8, 4) is 0 Å². The maximum Gasteiger partial charge on any atom is 0.336 e. The molecule has 1 aliphatic heterocycles. The number of para-hydroxylation sites is 2. The molecule has 24 heavy (non-hydrogen) atoms. The van der Waals surface area contributed by atoms with Gasteiger partial charge in [0.1, 0.15) is 0 Å². The molecular formula is C19H19N3O2. The van der Waals surface area contributed by atoms with Crippen LogP contribution in [-0.4, -0.2) is 28.1 Å². The Morgan fingerprint density at radius 3 is 2.25 bits per heavy atom. The van der Waals surface area contributed by atoms with E-state index in [2.05, 4.69) is 5.32 Å². The van der Waals surface area contributed by atoms with E-state index in [1.54, 1.807) is 16.7 Å². The van der Waals surface area contributed by atoms with Gasteiger partial charge >= 0.3 is 5.69 Å². The fourth-order valence-corrected chi connectivity index (χ4v) is 3.49. The number of carbonyl (C=O) groups excluding carboxylic acids is 1. The van der Waals surface area contributed by atoms with Crippen molar-refractivity contribution in [3.63, 3.8) is 0 Å². The summed E-state index contributed by atoms with van der Waals surface area (Å²) in [5.74, 6) is -0.274. The number of hydrogen-bond donors (Lipinski definition) is 1. The normalized spacial score (nSPS) is 15.7. The lowest BCUT2D eigenvalue weighted by atomic mass is 10.1. The first-order valence-corrected chi connectivity index (χ1v) is 8.30. The molecule has 0 spiro atoms. The minimum Gasteiger partial charge on any atom is -0.317 e. The number of aromatic nitrogens is 2. The van der Waals surface area contributed by atoms with Gasteiger partial charge in [0.05, 0.1) is 11.0 Å². The van der Waals surface area contributed by atoms with Gasteiger partial charge in [0.15, 0.2) is 0 Å². The van der Waals surface area contributed by atoms with Gasteiger partial charge in [0, 0.05) is 11.6 Å². The van der Waals surface area contributed by atoms with E-state index in [4.69, 9.17) is 0 Å². The van der Waals surface area contributed by atoms with Crippen LogP contribution in [0, 0.1) is 0 Å². The van der Waals surface area contributed by atoms with Gasteiger partial charge in [-0.1, -0.05) is 30.3 Å². The van der Waals surface area contributed by atoms with Crippen LogP contribution < -0.4 is 11.0 Å². The van der Waals surface area contributed by atoms with Gasteiger partial charge in [-0.15, -0.1) is 0 Å². The van der Waals surface area contributed by atoms with Crippen LogP contribution in [0.15, 0.2) is 59.4 Å². The second-order valence-electron chi connectivity index (χ2n) is 6.13. The van der Waals surface area contributed by atoms with E-state index in [0.29, 0.717) is 11.1 Å². The van der Waals surface area contributed by atoms with Crippen molar-refractivity contribution < 1.29 is 4.79 Å². The standard InChI is InChI=1S/C19H19N3O2/c23-18(14-6-2-1-3-7-14)22-17-9-5-4-8-16(17)21(19(22)24)15-10-12-20-13-11-15/h1-9,15,20H,10-13H2. The Balaban J connectivity index is 1.92. The van der Waals surface area contributed by atoms with Crippen LogP contribution in [0.2, 0.25) is 0 Å². The summed E-state index contributed by atoms with van der Waals surface area (Å²) in [5, 5.41) is 3.32. The molecule has 1 N–H and O–H groups in total. The molecule has 2 aromatic carbocycles. The highest BCUT2D eigenvalue weighted by Gasteiger charge is 2.24. The van der Waals surface area contributed by atoms with Crippen molar-refractivity contribution in [1.29, 1.82) is 0 Å². The molecule has 1 saturated heterocycles. The van der Waals surface area contributed by atoms with Crippen molar-refractivity contribution in [2.45, 2.75) is 18.9 Å². The van der Waals surface area contributed by atoms with E-state index in [1.807, 2.05) is 42.5 Å². The number of carbonyl (C=O) groups is 1. The predicted octanol–water partition coefficient (Wildman–Crippen LogP) is 2.42. The maximum absolute atomic E-state index is 13.1. The number of imidazole rings is 1. The Hall–Kier alpha value is -2.66. The van der Waals surface area contributed by atoms with Crippen LogP contribution in [0.3, 0.4) is 0 Å². The van der Waals surface area contributed by atoms with Crippen LogP contribution in [0.4, 0.5) is 0 Å². The Morgan fingerprint density at radius 2 is 1.54 bits per heavy atom.